The molecule has 2 fully saturated rings. The number of rotatable bonds is 7. The van der Waals surface area contributed by atoms with Gasteiger partial charge in [-0.15, -0.1) is 11.3 Å². The predicted molar refractivity (Wildman–Crippen MR) is 134 cm³/mol. The van der Waals surface area contributed by atoms with E-state index in [4.69, 9.17) is 4.74 Å². The number of amides is 1. The van der Waals surface area contributed by atoms with E-state index in [0.29, 0.717) is 10.8 Å². The minimum atomic E-state index is -3.47. The summed E-state index contributed by atoms with van der Waals surface area (Å²) in [6.45, 7) is 3.51. The lowest BCUT2D eigenvalue weighted by Gasteiger charge is -2.39. The Bertz CT molecular complexity index is 1060. The van der Waals surface area contributed by atoms with Crippen molar-refractivity contribution >= 4 is 48.9 Å². The van der Waals surface area contributed by atoms with Gasteiger partial charge in [0.25, 0.3) is 0 Å². The van der Waals surface area contributed by atoms with E-state index in [1.165, 1.54) is 11.3 Å². The topological polar surface area (TPSA) is 79.0 Å². The van der Waals surface area contributed by atoms with Crippen molar-refractivity contribution in [3.8, 4) is 5.75 Å². The van der Waals surface area contributed by atoms with E-state index in [9.17, 15) is 13.2 Å². The Morgan fingerprint density at radius 3 is 2.48 bits per heavy atom. The number of anilines is 1. The minimum Gasteiger partial charge on any atom is -0.497 e. The minimum absolute atomic E-state index is 0.0504. The molecule has 4 rings (SSSR count). The Morgan fingerprint density at radius 1 is 1.12 bits per heavy atom. The quantitative estimate of drug-likeness (QED) is 0.559. The highest BCUT2D eigenvalue weighted by molar-refractivity contribution is 9.11. The number of nitrogens with one attached hydrogen (secondary N) is 1. The SMILES string of the molecule is COc1cccc(N2CCN(C(=O)C3CCC(CNS(=O)(=O)c4ccc(Br)s4)CC3)CC2)c1. The largest absolute Gasteiger partial charge is 0.497 e. The van der Waals surface area contributed by atoms with E-state index < -0.39 is 10.0 Å². The third-order valence-corrected chi connectivity index (χ3v) is 10.1. The summed E-state index contributed by atoms with van der Waals surface area (Å²) in [7, 11) is -1.80. The number of halogens is 1. The summed E-state index contributed by atoms with van der Waals surface area (Å²) in [5.41, 5.74) is 1.12. The van der Waals surface area contributed by atoms with E-state index in [2.05, 4.69) is 31.6 Å². The van der Waals surface area contributed by atoms with Crippen LogP contribution in [-0.4, -0.2) is 59.1 Å². The van der Waals surface area contributed by atoms with E-state index in [1.54, 1.807) is 19.2 Å². The first-order valence-corrected chi connectivity index (χ1v) is 14.4. The van der Waals surface area contributed by atoms with Crippen LogP contribution in [0, 0.1) is 11.8 Å². The molecule has 1 saturated carbocycles. The van der Waals surface area contributed by atoms with Crippen molar-refractivity contribution in [2.24, 2.45) is 11.8 Å². The molecule has 0 unspecified atom stereocenters. The zero-order valence-corrected chi connectivity index (χ0v) is 21.9. The predicted octanol–water partition coefficient (Wildman–Crippen LogP) is 3.95. The van der Waals surface area contributed by atoms with Gasteiger partial charge in [-0.05, 0) is 71.8 Å². The van der Waals surface area contributed by atoms with Crippen molar-refractivity contribution in [1.82, 2.24) is 9.62 Å². The standard InChI is InChI=1S/C23H30BrN3O4S2/c1-31-20-4-2-3-19(15-20)26-11-13-27(14-12-26)23(28)18-7-5-17(6-8-18)16-25-33(29,30)22-10-9-21(24)32-22/h2-4,9-10,15,17-18,25H,5-8,11-14,16H2,1H3. The average molecular weight is 557 g/mol. The van der Waals surface area contributed by atoms with Crippen molar-refractivity contribution < 1.29 is 17.9 Å². The number of ether oxygens (including phenoxy) is 1. The fourth-order valence-corrected chi connectivity index (χ4v) is 7.78. The molecule has 1 N–H and O–H groups in total. The van der Waals surface area contributed by atoms with Crippen LogP contribution in [0.1, 0.15) is 25.7 Å². The van der Waals surface area contributed by atoms with Crippen molar-refractivity contribution in [2.45, 2.75) is 29.9 Å². The second-order valence-corrected chi connectivity index (χ2v) is 13.1. The molecule has 0 spiro atoms. The first kappa shape index (κ1) is 24.5. The number of sulfonamides is 1. The number of thiophene rings is 1. The van der Waals surface area contributed by atoms with Crippen LogP contribution in [0.3, 0.4) is 0 Å². The molecule has 180 valence electrons. The summed E-state index contributed by atoms with van der Waals surface area (Å²) < 4.78 is 34.1. The van der Waals surface area contributed by atoms with Gasteiger partial charge in [0.15, 0.2) is 0 Å². The number of nitrogens with zero attached hydrogens (tertiary/aromatic N) is 2. The Morgan fingerprint density at radius 2 is 1.85 bits per heavy atom. The average Bonchev–Trinajstić information content (AvgIpc) is 3.30. The smallest absolute Gasteiger partial charge is 0.250 e. The zero-order valence-electron chi connectivity index (χ0n) is 18.7. The van der Waals surface area contributed by atoms with Crippen LogP contribution >= 0.6 is 27.3 Å². The maximum Gasteiger partial charge on any atom is 0.250 e. The number of hydrogen-bond donors (Lipinski definition) is 1. The second-order valence-electron chi connectivity index (χ2n) is 8.64. The van der Waals surface area contributed by atoms with Crippen molar-refractivity contribution in [1.29, 1.82) is 0 Å². The third kappa shape index (κ3) is 6.09. The molecular formula is C23H30BrN3O4S2. The number of carbonyl (C=O) groups excluding carboxylic acids is 1. The lowest BCUT2D eigenvalue weighted by molar-refractivity contribution is -0.137. The summed E-state index contributed by atoms with van der Waals surface area (Å²) >= 11 is 4.52. The number of benzene rings is 1. The first-order chi connectivity index (χ1) is 15.9. The molecule has 1 saturated heterocycles. The van der Waals surface area contributed by atoms with Crippen LogP contribution in [0.25, 0.3) is 0 Å². The van der Waals surface area contributed by atoms with E-state index in [0.717, 1.165) is 67.1 Å². The molecule has 7 nitrogen and oxygen atoms in total. The highest BCUT2D eigenvalue weighted by Gasteiger charge is 2.31. The fraction of sp³-hybridized carbons (Fsp3) is 0.522. The molecule has 1 aliphatic heterocycles. The molecular weight excluding hydrogens is 526 g/mol. The second kappa shape index (κ2) is 10.8. The summed E-state index contributed by atoms with van der Waals surface area (Å²) in [6.07, 6.45) is 3.39. The zero-order chi connectivity index (χ0) is 23.4. The lowest BCUT2D eigenvalue weighted by atomic mass is 9.81. The molecule has 33 heavy (non-hydrogen) atoms. The summed E-state index contributed by atoms with van der Waals surface area (Å²) in [5, 5.41) is 0. The molecule has 2 aliphatic rings. The number of carbonyl (C=O) groups is 1. The normalized spacial score (nSPS) is 21.8. The molecule has 2 aromatic rings. The molecule has 1 aromatic heterocycles. The van der Waals surface area contributed by atoms with Crippen LogP contribution in [0.2, 0.25) is 0 Å². The van der Waals surface area contributed by atoms with Gasteiger partial charge in [-0.2, -0.15) is 0 Å². The first-order valence-electron chi connectivity index (χ1n) is 11.3. The number of hydrogen-bond acceptors (Lipinski definition) is 6. The Kier molecular flexibility index (Phi) is 7.99. The molecule has 0 bridgehead atoms. The van der Waals surface area contributed by atoms with Crippen LogP contribution in [0.5, 0.6) is 5.75 Å². The highest BCUT2D eigenvalue weighted by Crippen LogP contribution is 2.31. The molecule has 0 atom stereocenters. The number of piperazine rings is 1. The monoisotopic (exact) mass is 555 g/mol. The summed E-state index contributed by atoms with van der Waals surface area (Å²) in [6, 6.07) is 11.4. The Labute approximate surface area is 208 Å². The molecule has 1 aliphatic carbocycles. The third-order valence-electron chi connectivity index (χ3n) is 6.58. The molecule has 2 heterocycles. The number of methoxy groups -OCH3 is 1. The highest BCUT2D eigenvalue weighted by atomic mass is 79.9. The Balaban J connectivity index is 1.22. The molecule has 10 heteroatoms. The van der Waals surface area contributed by atoms with Crippen molar-refractivity contribution in [3.63, 3.8) is 0 Å². The van der Waals surface area contributed by atoms with Gasteiger partial charge in [0.2, 0.25) is 15.9 Å². The van der Waals surface area contributed by atoms with Gasteiger partial charge in [-0.3, -0.25) is 4.79 Å². The Hall–Kier alpha value is -1.62. The van der Waals surface area contributed by atoms with Gasteiger partial charge < -0.3 is 14.5 Å². The summed E-state index contributed by atoms with van der Waals surface area (Å²) in [4.78, 5) is 17.4. The fourth-order valence-electron chi connectivity index (χ4n) is 4.60. The van der Waals surface area contributed by atoms with Gasteiger partial charge in [-0.1, -0.05) is 6.07 Å². The molecule has 0 radical (unpaired) electrons. The lowest BCUT2D eigenvalue weighted by Crippen LogP contribution is -2.50. The van der Waals surface area contributed by atoms with Gasteiger partial charge >= 0.3 is 0 Å². The van der Waals surface area contributed by atoms with Crippen LogP contribution < -0.4 is 14.4 Å². The van der Waals surface area contributed by atoms with E-state index in [-0.39, 0.29) is 17.7 Å². The van der Waals surface area contributed by atoms with Gasteiger partial charge in [0.05, 0.1) is 10.9 Å². The van der Waals surface area contributed by atoms with E-state index in [1.807, 2.05) is 23.1 Å². The molecule has 1 amide bonds. The van der Waals surface area contributed by atoms with E-state index >= 15 is 0 Å². The molecule has 1 aromatic carbocycles. The van der Waals surface area contributed by atoms with Crippen molar-refractivity contribution in [2.75, 3.05) is 44.7 Å². The maximum atomic E-state index is 13.1. The van der Waals surface area contributed by atoms with Crippen LogP contribution in [-0.2, 0) is 14.8 Å². The summed E-state index contributed by atoms with van der Waals surface area (Å²) in [5.74, 6) is 1.42. The van der Waals surface area contributed by atoms with Gasteiger partial charge in [0.1, 0.15) is 9.96 Å². The van der Waals surface area contributed by atoms with Crippen molar-refractivity contribution in [3.05, 3.63) is 40.2 Å². The van der Waals surface area contributed by atoms with Crippen LogP contribution in [0.15, 0.2) is 44.4 Å². The van der Waals surface area contributed by atoms with Crippen LogP contribution in [0.4, 0.5) is 5.69 Å². The maximum absolute atomic E-state index is 13.1. The van der Waals surface area contributed by atoms with Gasteiger partial charge in [-0.25, -0.2) is 13.1 Å². The van der Waals surface area contributed by atoms with Gasteiger partial charge in [0, 0.05) is 50.4 Å².